The van der Waals surface area contributed by atoms with E-state index < -0.39 is 0 Å². The third kappa shape index (κ3) is 1.90. The first-order valence-electron chi connectivity index (χ1n) is 5.95. The largest absolute Gasteiger partial charge is 0.360 e. The summed E-state index contributed by atoms with van der Waals surface area (Å²) in [6.07, 6.45) is 2.98. The van der Waals surface area contributed by atoms with Crippen LogP contribution in [0.1, 0.15) is 30.0 Å². The summed E-state index contributed by atoms with van der Waals surface area (Å²) in [6.45, 7) is 5.95. The zero-order valence-corrected chi connectivity index (χ0v) is 10.9. The molecule has 0 unspecified atom stereocenters. The van der Waals surface area contributed by atoms with Crippen molar-refractivity contribution < 1.29 is 0 Å². The van der Waals surface area contributed by atoms with E-state index >= 15 is 0 Å². The Bertz CT molecular complexity index is 699. The molecule has 3 aromatic rings. The van der Waals surface area contributed by atoms with E-state index in [0.717, 1.165) is 22.9 Å². The molecule has 3 rings (SSSR count). The molecule has 0 amide bonds. The number of aromatic amines is 1. The van der Waals surface area contributed by atoms with Crippen LogP contribution < -0.4 is 5.32 Å². The quantitative estimate of drug-likeness (QED) is 0.728. The predicted molar refractivity (Wildman–Crippen MR) is 68.7 cm³/mol. The molecule has 0 saturated heterocycles. The number of rotatable bonds is 3. The molecule has 0 aliphatic heterocycles. The van der Waals surface area contributed by atoms with Crippen LogP contribution in [-0.4, -0.2) is 34.8 Å². The van der Waals surface area contributed by atoms with Crippen molar-refractivity contribution in [1.29, 1.82) is 0 Å². The Morgan fingerprint density at radius 2 is 2.11 bits per heavy atom. The second kappa shape index (κ2) is 4.30. The summed E-state index contributed by atoms with van der Waals surface area (Å²) in [6, 6.07) is -0.0181. The third-order valence-corrected chi connectivity index (χ3v) is 3.10. The Morgan fingerprint density at radius 1 is 1.26 bits per heavy atom. The monoisotopic (exact) mass is 258 g/mol. The van der Waals surface area contributed by atoms with Gasteiger partial charge in [-0.25, -0.2) is 9.97 Å². The Balaban J connectivity index is 2.04. The molecule has 8 nitrogen and oxygen atoms in total. The van der Waals surface area contributed by atoms with Crippen LogP contribution in [0.25, 0.3) is 5.78 Å². The molecule has 0 aromatic carbocycles. The number of fused-ring (bicyclic) bond motifs is 1. The molecule has 0 fully saturated rings. The maximum absolute atomic E-state index is 4.38. The highest BCUT2D eigenvalue weighted by Gasteiger charge is 2.15. The van der Waals surface area contributed by atoms with E-state index in [-0.39, 0.29) is 6.04 Å². The topological polar surface area (TPSA) is 96.7 Å². The first-order chi connectivity index (χ1) is 9.16. The van der Waals surface area contributed by atoms with Gasteiger partial charge in [0, 0.05) is 11.3 Å². The maximum Gasteiger partial charge on any atom is 0.254 e. The summed E-state index contributed by atoms with van der Waals surface area (Å²) in [5.74, 6) is 2.21. The summed E-state index contributed by atoms with van der Waals surface area (Å²) >= 11 is 0. The predicted octanol–water partition coefficient (Wildman–Crippen LogP) is 1.03. The van der Waals surface area contributed by atoms with Gasteiger partial charge >= 0.3 is 0 Å². The highest BCUT2D eigenvalue weighted by molar-refractivity contribution is 5.52. The number of aromatic nitrogens is 7. The van der Waals surface area contributed by atoms with Gasteiger partial charge in [0.2, 0.25) is 0 Å². The minimum absolute atomic E-state index is 0.0181. The second-order valence-electron chi connectivity index (χ2n) is 4.38. The molecule has 0 aliphatic rings. The van der Waals surface area contributed by atoms with Crippen LogP contribution in [0.15, 0.2) is 12.7 Å². The smallest absolute Gasteiger partial charge is 0.254 e. The zero-order valence-electron chi connectivity index (χ0n) is 10.9. The molecule has 3 aromatic heterocycles. The molecule has 0 spiro atoms. The van der Waals surface area contributed by atoms with Gasteiger partial charge in [0.15, 0.2) is 0 Å². The lowest BCUT2D eigenvalue weighted by Crippen LogP contribution is -2.14. The molecule has 2 N–H and O–H groups in total. The van der Waals surface area contributed by atoms with Crippen molar-refractivity contribution in [3.05, 3.63) is 29.7 Å². The Hall–Kier alpha value is -2.51. The van der Waals surface area contributed by atoms with E-state index in [1.54, 1.807) is 4.52 Å². The van der Waals surface area contributed by atoms with Gasteiger partial charge in [0.1, 0.15) is 24.3 Å². The van der Waals surface area contributed by atoms with Crippen molar-refractivity contribution in [2.45, 2.75) is 26.8 Å². The molecular weight excluding hydrogens is 244 g/mol. The van der Waals surface area contributed by atoms with E-state index in [9.17, 15) is 0 Å². The molecule has 0 saturated carbocycles. The van der Waals surface area contributed by atoms with E-state index in [1.807, 2.05) is 20.8 Å². The number of hydrogen-bond acceptors (Lipinski definition) is 6. The number of H-pyrrole nitrogens is 1. The lowest BCUT2D eigenvalue weighted by atomic mass is 10.2. The number of nitrogens with zero attached hydrogens (tertiary/aromatic N) is 6. The van der Waals surface area contributed by atoms with Crippen LogP contribution in [0.5, 0.6) is 0 Å². The molecule has 0 bridgehead atoms. The number of aryl methyl sites for hydroxylation is 1. The fourth-order valence-electron chi connectivity index (χ4n) is 1.90. The zero-order chi connectivity index (χ0) is 13.4. The average Bonchev–Trinajstić information content (AvgIpc) is 3.04. The van der Waals surface area contributed by atoms with Gasteiger partial charge in [0.25, 0.3) is 5.78 Å². The van der Waals surface area contributed by atoms with Crippen LogP contribution in [0.3, 0.4) is 0 Å². The lowest BCUT2D eigenvalue weighted by molar-refractivity contribution is 0.772. The Kier molecular flexibility index (Phi) is 2.62. The Morgan fingerprint density at radius 3 is 2.84 bits per heavy atom. The van der Waals surface area contributed by atoms with Crippen LogP contribution in [0.2, 0.25) is 0 Å². The van der Waals surface area contributed by atoms with Gasteiger partial charge in [-0.3, -0.25) is 5.10 Å². The lowest BCUT2D eigenvalue weighted by Gasteiger charge is -2.16. The van der Waals surface area contributed by atoms with Crippen molar-refractivity contribution in [3.63, 3.8) is 0 Å². The number of nitrogens with one attached hydrogen (secondary N) is 2. The SMILES string of the molecule is Cc1nc2ncnn2c(N[C@H](C)c2ncn[nH]2)c1C. The summed E-state index contributed by atoms with van der Waals surface area (Å²) in [5, 5.41) is 14.3. The van der Waals surface area contributed by atoms with Gasteiger partial charge in [0.05, 0.1) is 6.04 Å². The van der Waals surface area contributed by atoms with Gasteiger partial charge < -0.3 is 5.32 Å². The van der Waals surface area contributed by atoms with Crippen LogP contribution >= 0.6 is 0 Å². The highest BCUT2D eigenvalue weighted by Crippen LogP contribution is 2.21. The van der Waals surface area contributed by atoms with Crippen molar-refractivity contribution >= 4 is 11.6 Å². The van der Waals surface area contributed by atoms with E-state index in [1.165, 1.54) is 12.7 Å². The van der Waals surface area contributed by atoms with Crippen LogP contribution in [-0.2, 0) is 0 Å². The molecule has 19 heavy (non-hydrogen) atoms. The number of anilines is 1. The van der Waals surface area contributed by atoms with Crippen LogP contribution in [0.4, 0.5) is 5.82 Å². The van der Waals surface area contributed by atoms with Gasteiger partial charge in [-0.15, -0.1) is 0 Å². The summed E-state index contributed by atoms with van der Waals surface area (Å²) < 4.78 is 1.69. The molecule has 8 heteroatoms. The summed E-state index contributed by atoms with van der Waals surface area (Å²) in [7, 11) is 0. The van der Waals surface area contributed by atoms with E-state index in [2.05, 4.69) is 35.6 Å². The van der Waals surface area contributed by atoms with E-state index in [4.69, 9.17) is 0 Å². The molecule has 3 heterocycles. The molecule has 98 valence electrons. The van der Waals surface area contributed by atoms with Gasteiger partial charge in [-0.1, -0.05) is 0 Å². The van der Waals surface area contributed by atoms with Crippen molar-refractivity contribution in [2.75, 3.05) is 5.32 Å². The first kappa shape index (κ1) is 11.6. The standard InChI is InChI=1S/C11H14N8/c1-6-7(2)17-11-13-5-15-19(11)10(6)16-8(3)9-12-4-14-18-9/h4-5,8,16H,1-3H3,(H,12,14,18)/t8-/m1/s1. The first-order valence-corrected chi connectivity index (χ1v) is 5.95. The minimum atomic E-state index is -0.0181. The van der Waals surface area contributed by atoms with Crippen molar-refractivity contribution in [2.24, 2.45) is 0 Å². The summed E-state index contributed by atoms with van der Waals surface area (Å²) in [4.78, 5) is 12.6. The van der Waals surface area contributed by atoms with Gasteiger partial charge in [-0.2, -0.15) is 19.7 Å². The fourth-order valence-corrected chi connectivity index (χ4v) is 1.90. The Labute approximate surface area is 109 Å². The minimum Gasteiger partial charge on any atom is -0.360 e. The maximum atomic E-state index is 4.38. The average molecular weight is 258 g/mol. The molecular formula is C11H14N8. The fraction of sp³-hybridized carbons (Fsp3) is 0.364. The van der Waals surface area contributed by atoms with Crippen LogP contribution in [0, 0.1) is 13.8 Å². The van der Waals surface area contributed by atoms with E-state index in [0.29, 0.717) is 5.78 Å². The van der Waals surface area contributed by atoms with Crippen molar-refractivity contribution in [1.82, 2.24) is 34.8 Å². The van der Waals surface area contributed by atoms with Crippen molar-refractivity contribution in [3.8, 4) is 0 Å². The number of hydrogen-bond donors (Lipinski definition) is 2. The van der Waals surface area contributed by atoms with Gasteiger partial charge in [-0.05, 0) is 20.8 Å². The summed E-state index contributed by atoms with van der Waals surface area (Å²) in [5.41, 5.74) is 1.96. The highest BCUT2D eigenvalue weighted by atomic mass is 15.4. The molecule has 0 radical (unpaired) electrons. The normalized spacial score (nSPS) is 12.8. The third-order valence-electron chi connectivity index (χ3n) is 3.10. The second-order valence-corrected chi connectivity index (χ2v) is 4.38. The molecule has 1 atom stereocenters. The molecule has 0 aliphatic carbocycles.